The van der Waals surface area contributed by atoms with Crippen molar-refractivity contribution >= 4 is 61.7 Å². The number of nitrogens with zero attached hydrogens (tertiary/aromatic N) is 2. The van der Waals surface area contributed by atoms with E-state index in [4.69, 9.17) is 13.9 Å². The molecule has 0 atom stereocenters. The van der Waals surface area contributed by atoms with Gasteiger partial charge in [0, 0.05) is 85.1 Å². The van der Waals surface area contributed by atoms with Crippen LogP contribution in [0.25, 0.3) is 33.4 Å². The lowest BCUT2D eigenvalue weighted by Crippen LogP contribution is -2.29. The molecule has 0 bridgehead atoms. The highest BCUT2D eigenvalue weighted by atomic mass is 32.2. The summed E-state index contributed by atoms with van der Waals surface area (Å²) in [6.07, 6.45) is 0. The van der Waals surface area contributed by atoms with Crippen LogP contribution in [-0.4, -0.2) is 64.0 Å². The molecule has 8 rings (SSSR count). The van der Waals surface area contributed by atoms with E-state index in [2.05, 4.69) is 71.9 Å². The monoisotopic (exact) mass is 907 g/mol. The normalized spacial score (nSPS) is 12.2. The molecule has 1 N–H and O–H groups in total. The summed E-state index contributed by atoms with van der Waals surface area (Å²) in [5, 5.41) is 1.60. The third kappa shape index (κ3) is 11.0. The zero-order valence-electron chi connectivity index (χ0n) is 35.9. The average molecular weight is 908 g/mol. The van der Waals surface area contributed by atoms with Crippen LogP contribution < -0.4 is 14.8 Å². The summed E-state index contributed by atoms with van der Waals surface area (Å²) < 4.78 is 57.9. The van der Waals surface area contributed by atoms with Gasteiger partial charge in [0.1, 0.15) is 22.8 Å². The van der Waals surface area contributed by atoms with E-state index < -0.39 is 10.1 Å². The lowest BCUT2D eigenvalue weighted by atomic mass is 9.93. The van der Waals surface area contributed by atoms with Gasteiger partial charge in [-0.15, -0.1) is 23.5 Å². The van der Waals surface area contributed by atoms with Gasteiger partial charge in [-0.3, -0.25) is 4.55 Å². The molecule has 0 aromatic heterocycles. The fraction of sp³-hybridized carbons (Fsp3) is 0.189. The van der Waals surface area contributed by atoms with Crippen LogP contribution in [0.15, 0.2) is 189 Å². The number of hydrogen-bond acceptors (Lipinski definition) is 8. The van der Waals surface area contributed by atoms with E-state index in [9.17, 15) is 13.0 Å². The van der Waals surface area contributed by atoms with Gasteiger partial charge in [-0.25, -0.2) is 0 Å². The number of aryl methyl sites for hydroxylation is 2. The summed E-state index contributed by atoms with van der Waals surface area (Å²) in [5.74, 6) is 2.24. The molecule has 0 unspecified atom stereocenters. The van der Waals surface area contributed by atoms with E-state index in [0.29, 0.717) is 72.9 Å². The molecule has 0 spiro atoms. The van der Waals surface area contributed by atoms with Crippen molar-refractivity contribution in [3.63, 3.8) is 0 Å². The van der Waals surface area contributed by atoms with Crippen LogP contribution in [0.5, 0.6) is 0 Å². The number of fused-ring (bicyclic) bond motifs is 2. The second kappa shape index (κ2) is 21.3. The van der Waals surface area contributed by atoms with Gasteiger partial charge in [0.2, 0.25) is 11.0 Å². The minimum absolute atomic E-state index is 0.176. The molecule has 1 heterocycles. The average Bonchev–Trinajstić information content (AvgIpc) is 3.31. The van der Waals surface area contributed by atoms with Gasteiger partial charge < -0.3 is 18.8 Å². The second-order valence-corrected chi connectivity index (χ2v) is 19.0. The molecule has 2 aliphatic rings. The molecule has 1 aliphatic carbocycles. The second-order valence-electron chi connectivity index (χ2n) is 15.2. The maximum atomic E-state index is 12.9. The van der Waals surface area contributed by atoms with E-state index in [1.54, 1.807) is 41.7 Å². The van der Waals surface area contributed by atoms with Crippen LogP contribution in [0.4, 0.5) is 17.1 Å². The largest absolute Gasteiger partial charge is 0.456 e. The van der Waals surface area contributed by atoms with Crippen molar-refractivity contribution in [1.29, 1.82) is 0 Å². The summed E-state index contributed by atoms with van der Waals surface area (Å²) in [6.45, 7) is 7.57. The highest BCUT2D eigenvalue weighted by Crippen LogP contribution is 2.43. The molecule has 0 saturated carbocycles. The van der Waals surface area contributed by atoms with Crippen molar-refractivity contribution in [3.05, 3.63) is 186 Å². The highest BCUT2D eigenvalue weighted by Gasteiger charge is 2.25. The van der Waals surface area contributed by atoms with Gasteiger partial charge in [-0.05, 0) is 74.0 Å². The summed E-state index contributed by atoms with van der Waals surface area (Å²) in [7, 11) is -4.59. The third-order valence-electron chi connectivity index (χ3n) is 11.0. The zero-order chi connectivity index (χ0) is 44.3. The van der Waals surface area contributed by atoms with E-state index in [0.717, 1.165) is 45.1 Å². The number of hydrogen-bond donors (Lipinski definition) is 1. The molecule has 64 heavy (non-hydrogen) atoms. The molecule has 326 valence electrons. The fourth-order valence-corrected chi connectivity index (χ4v) is 10.2. The van der Waals surface area contributed by atoms with E-state index in [-0.39, 0.29) is 4.90 Å². The Morgan fingerprint density at radius 3 is 1.94 bits per heavy atom. The number of thioether (sulfide) groups is 2. The van der Waals surface area contributed by atoms with Crippen LogP contribution in [0.1, 0.15) is 11.1 Å². The fourth-order valence-electron chi connectivity index (χ4n) is 7.89. The molecule has 6 aromatic carbocycles. The van der Waals surface area contributed by atoms with Crippen molar-refractivity contribution in [2.24, 2.45) is 0 Å². The van der Waals surface area contributed by atoms with Crippen LogP contribution in [0.3, 0.4) is 0 Å². The number of anilines is 2. The summed E-state index contributed by atoms with van der Waals surface area (Å²) >= 11 is 3.54. The van der Waals surface area contributed by atoms with Crippen molar-refractivity contribution in [2.45, 2.75) is 28.5 Å². The van der Waals surface area contributed by atoms with Crippen LogP contribution in [-0.2, 0) is 19.6 Å². The molecule has 0 amide bonds. The third-order valence-corrected chi connectivity index (χ3v) is 13.8. The minimum atomic E-state index is -4.59. The minimum Gasteiger partial charge on any atom is -0.456 e. The predicted molar refractivity (Wildman–Crippen MR) is 263 cm³/mol. The number of benzene rings is 7. The van der Waals surface area contributed by atoms with Crippen LogP contribution >= 0.6 is 23.5 Å². The molecular formula is C53H51N2O6S3+. The Balaban J connectivity index is 1.19. The molecular weight excluding hydrogens is 857 g/mol. The first-order chi connectivity index (χ1) is 31.2. The van der Waals surface area contributed by atoms with E-state index in [1.807, 2.05) is 97.1 Å². The van der Waals surface area contributed by atoms with Crippen molar-refractivity contribution < 1.29 is 26.9 Å². The quantitative estimate of drug-likeness (QED) is 0.0280. The standard InChI is InChI=1S/C53H50N2O6S3/c1-39-15-9-12-22-48(39)54(29-31-59-33-35-62-43-17-5-3-6-18-43)41-25-27-45-50(37-41)61-51-38-42(26-28-46(51)53(45)47-21-11-14-24-52(47)64(56,57)58)55(49-23-13-10-16-40(49)2)30-32-60-34-36-63-44-19-7-4-8-20-44/h3-28,37-38H,29-36H2,1-2H3/p+1. The van der Waals surface area contributed by atoms with Gasteiger partial charge in [-0.2, -0.15) is 13.0 Å². The molecule has 0 saturated heterocycles. The first-order valence-electron chi connectivity index (χ1n) is 21.3. The lowest BCUT2D eigenvalue weighted by molar-refractivity contribution is 0.151. The molecule has 11 heteroatoms. The Morgan fingerprint density at radius 2 is 1.25 bits per heavy atom. The maximum absolute atomic E-state index is 12.9. The molecule has 6 aromatic rings. The lowest BCUT2D eigenvalue weighted by Gasteiger charge is -2.27. The number of rotatable bonds is 19. The maximum Gasteiger partial charge on any atom is 0.295 e. The Morgan fingerprint density at radius 1 is 0.625 bits per heavy atom. The molecule has 8 nitrogen and oxygen atoms in total. The first kappa shape index (κ1) is 44.9. The van der Waals surface area contributed by atoms with Gasteiger partial charge in [0.05, 0.1) is 25.9 Å². The Bertz CT molecular complexity index is 2980. The topological polar surface area (TPSA) is 92.2 Å². The van der Waals surface area contributed by atoms with Gasteiger partial charge in [0.25, 0.3) is 10.1 Å². The van der Waals surface area contributed by atoms with Crippen molar-refractivity contribution in [3.8, 4) is 22.5 Å². The Labute approximate surface area is 384 Å². The summed E-state index contributed by atoms with van der Waals surface area (Å²) in [4.78, 5) is 4.49. The number of para-hydroxylation sites is 2. The highest BCUT2D eigenvalue weighted by molar-refractivity contribution is 7.99. The molecule has 0 radical (unpaired) electrons. The molecule has 1 aliphatic heterocycles. The van der Waals surface area contributed by atoms with E-state index >= 15 is 0 Å². The summed E-state index contributed by atoms with van der Waals surface area (Å²) in [6, 6.07) is 55.8. The van der Waals surface area contributed by atoms with Gasteiger partial charge >= 0.3 is 0 Å². The predicted octanol–water partition coefficient (Wildman–Crippen LogP) is 11.9. The zero-order valence-corrected chi connectivity index (χ0v) is 38.4. The summed E-state index contributed by atoms with van der Waals surface area (Å²) in [5.41, 5.74) is 7.48. The van der Waals surface area contributed by atoms with Crippen molar-refractivity contribution in [2.75, 3.05) is 55.9 Å². The van der Waals surface area contributed by atoms with Crippen molar-refractivity contribution in [1.82, 2.24) is 4.58 Å². The Hall–Kier alpha value is -5.66. The smallest absolute Gasteiger partial charge is 0.295 e. The van der Waals surface area contributed by atoms with Gasteiger partial charge in [0.15, 0.2) is 6.54 Å². The first-order valence-corrected chi connectivity index (χ1v) is 24.7. The van der Waals surface area contributed by atoms with E-state index in [1.165, 1.54) is 15.9 Å². The SMILES string of the molecule is Cc1ccccc1N(CCOCCSc1ccccc1)c1ccc2c(-c3ccccc3S(=O)(=O)O)c3ccc(=[N+](CCOCCSc4ccccc4)c4ccccc4C)cc-3oc2c1. The molecule has 0 fully saturated rings. The van der Waals surface area contributed by atoms with Crippen LogP contribution in [0.2, 0.25) is 0 Å². The van der Waals surface area contributed by atoms with Crippen LogP contribution in [0, 0.1) is 13.8 Å². The number of ether oxygens (including phenoxy) is 2. The van der Waals surface area contributed by atoms with Gasteiger partial charge in [-0.1, -0.05) is 91.0 Å². The Kier molecular flexibility index (Phi) is 15.0.